The van der Waals surface area contributed by atoms with Gasteiger partial charge in [0.2, 0.25) is 0 Å². The Labute approximate surface area is 107 Å². The minimum atomic E-state index is 0.572. The van der Waals surface area contributed by atoms with E-state index in [4.69, 9.17) is 10.7 Å². The van der Waals surface area contributed by atoms with Crippen molar-refractivity contribution in [2.24, 2.45) is 0 Å². The molecule has 1 aliphatic carbocycles. The van der Waals surface area contributed by atoms with Gasteiger partial charge in [0.05, 0.1) is 6.20 Å². The van der Waals surface area contributed by atoms with Crippen molar-refractivity contribution < 1.29 is 0 Å². The highest BCUT2D eigenvalue weighted by molar-refractivity contribution is 5.70. The number of hydrogen-bond donors (Lipinski definition) is 1. The molecule has 2 aromatic heterocycles. The molecular formula is C13H19N5. The maximum absolute atomic E-state index is 6.27. The van der Waals surface area contributed by atoms with Crippen LogP contribution in [0.3, 0.4) is 0 Å². The lowest BCUT2D eigenvalue weighted by Crippen LogP contribution is -2.04. The van der Waals surface area contributed by atoms with Crippen molar-refractivity contribution in [2.45, 2.75) is 45.7 Å². The maximum atomic E-state index is 6.27. The lowest BCUT2D eigenvalue weighted by atomic mass is 10.2. The molecule has 5 nitrogen and oxygen atoms in total. The number of aryl methyl sites for hydroxylation is 2. The first kappa shape index (κ1) is 11.3. The Kier molecular flexibility index (Phi) is 2.61. The van der Waals surface area contributed by atoms with Crippen molar-refractivity contribution in [1.29, 1.82) is 0 Å². The number of anilines is 1. The Morgan fingerprint density at radius 1 is 1.39 bits per heavy atom. The summed E-state index contributed by atoms with van der Waals surface area (Å²) in [5, 5.41) is 4.29. The van der Waals surface area contributed by atoms with Gasteiger partial charge < -0.3 is 10.3 Å². The summed E-state index contributed by atoms with van der Waals surface area (Å²) < 4.78 is 4.11. The zero-order chi connectivity index (χ0) is 12.7. The van der Waals surface area contributed by atoms with Crippen LogP contribution in [0.4, 0.5) is 5.82 Å². The fourth-order valence-corrected chi connectivity index (χ4v) is 2.35. The maximum Gasteiger partial charge on any atom is 0.132 e. The summed E-state index contributed by atoms with van der Waals surface area (Å²) in [6, 6.07) is 0.572. The lowest BCUT2D eigenvalue weighted by Gasteiger charge is -2.05. The van der Waals surface area contributed by atoms with Gasteiger partial charge >= 0.3 is 0 Å². The predicted molar refractivity (Wildman–Crippen MR) is 71.2 cm³/mol. The molecule has 96 valence electrons. The highest BCUT2D eigenvalue weighted by Gasteiger charge is 2.29. The highest BCUT2D eigenvalue weighted by Crippen LogP contribution is 2.40. The third kappa shape index (κ3) is 1.70. The van der Waals surface area contributed by atoms with Crippen LogP contribution in [-0.4, -0.2) is 19.3 Å². The van der Waals surface area contributed by atoms with Gasteiger partial charge in [-0.3, -0.25) is 4.68 Å². The number of nitrogens with zero attached hydrogens (tertiary/aromatic N) is 4. The standard InChI is InChI=1S/C13H19N5/c1-3-11-16-12(9-7-15-17(4-2)8-9)13(14)18(11)10-5-6-10/h7-8,10H,3-6,14H2,1-2H3. The van der Waals surface area contributed by atoms with Crippen LogP contribution in [0, 0.1) is 0 Å². The summed E-state index contributed by atoms with van der Waals surface area (Å²) in [4.78, 5) is 4.69. The van der Waals surface area contributed by atoms with Gasteiger partial charge in [-0.15, -0.1) is 0 Å². The van der Waals surface area contributed by atoms with E-state index in [2.05, 4.69) is 23.5 Å². The Morgan fingerprint density at radius 3 is 2.72 bits per heavy atom. The lowest BCUT2D eigenvalue weighted by molar-refractivity contribution is 0.660. The molecule has 1 aliphatic rings. The quantitative estimate of drug-likeness (QED) is 0.898. The Balaban J connectivity index is 2.06. The van der Waals surface area contributed by atoms with Crippen molar-refractivity contribution >= 4 is 5.82 Å². The second kappa shape index (κ2) is 4.15. The van der Waals surface area contributed by atoms with E-state index in [-0.39, 0.29) is 0 Å². The average Bonchev–Trinajstić information content (AvgIpc) is 3.00. The fraction of sp³-hybridized carbons (Fsp3) is 0.538. The molecular weight excluding hydrogens is 226 g/mol. The topological polar surface area (TPSA) is 61.7 Å². The molecule has 0 atom stereocenters. The largest absolute Gasteiger partial charge is 0.383 e. The second-order valence-electron chi connectivity index (χ2n) is 4.80. The average molecular weight is 245 g/mol. The van der Waals surface area contributed by atoms with Gasteiger partial charge in [0, 0.05) is 30.8 Å². The van der Waals surface area contributed by atoms with Gasteiger partial charge in [-0.25, -0.2) is 4.98 Å². The molecule has 0 aliphatic heterocycles. The molecule has 1 saturated carbocycles. The van der Waals surface area contributed by atoms with E-state index in [1.54, 1.807) is 0 Å². The molecule has 0 saturated heterocycles. The van der Waals surface area contributed by atoms with Crippen LogP contribution in [0.15, 0.2) is 12.4 Å². The molecule has 2 aromatic rings. The number of hydrogen-bond acceptors (Lipinski definition) is 3. The molecule has 0 radical (unpaired) electrons. The van der Waals surface area contributed by atoms with Gasteiger partial charge in [-0.05, 0) is 19.8 Å². The van der Waals surface area contributed by atoms with E-state index in [1.807, 2.05) is 17.1 Å². The van der Waals surface area contributed by atoms with Crippen molar-refractivity contribution in [2.75, 3.05) is 5.73 Å². The number of rotatable bonds is 4. The molecule has 18 heavy (non-hydrogen) atoms. The summed E-state index contributed by atoms with van der Waals surface area (Å²) in [7, 11) is 0. The molecule has 5 heteroatoms. The third-order valence-corrected chi connectivity index (χ3v) is 3.48. The molecule has 0 aromatic carbocycles. The van der Waals surface area contributed by atoms with Crippen LogP contribution in [-0.2, 0) is 13.0 Å². The molecule has 2 heterocycles. The predicted octanol–water partition coefficient (Wildman–Crippen LogP) is 2.25. The van der Waals surface area contributed by atoms with Gasteiger partial charge in [-0.1, -0.05) is 6.92 Å². The molecule has 1 fully saturated rings. The van der Waals surface area contributed by atoms with Crippen LogP contribution >= 0.6 is 0 Å². The van der Waals surface area contributed by atoms with Crippen LogP contribution in [0.5, 0.6) is 0 Å². The van der Waals surface area contributed by atoms with E-state index in [0.29, 0.717) is 6.04 Å². The van der Waals surface area contributed by atoms with E-state index in [1.165, 1.54) is 12.8 Å². The van der Waals surface area contributed by atoms with Gasteiger partial charge in [-0.2, -0.15) is 5.10 Å². The summed E-state index contributed by atoms with van der Waals surface area (Å²) in [6.45, 7) is 5.06. The number of nitrogen functional groups attached to an aromatic ring is 1. The number of nitrogens with two attached hydrogens (primary N) is 1. The summed E-state index contributed by atoms with van der Waals surface area (Å²) in [6.07, 6.45) is 7.22. The van der Waals surface area contributed by atoms with Gasteiger partial charge in [0.25, 0.3) is 0 Å². The van der Waals surface area contributed by atoms with Gasteiger partial charge in [0.1, 0.15) is 17.3 Å². The first-order chi connectivity index (χ1) is 8.74. The van der Waals surface area contributed by atoms with Crippen LogP contribution in [0.25, 0.3) is 11.3 Å². The number of aromatic nitrogens is 4. The van der Waals surface area contributed by atoms with Crippen molar-refractivity contribution in [3.63, 3.8) is 0 Å². The molecule has 0 amide bonds. The molecule has 2 N–H and O–H groups in total. The zero-order valence-electron chi connectivity index (χ0n) is 10.9. The minimum Gasteiger partial charge on any atom is -0.383 e. The van der Waals surface area contributed by atoms with E-state index in [0.717, 1.165) is 35.9 Å². The van der Waals surface area contributed by atoms with Crippen molar-refractivity contribution in [1.82, 2.24) is 19.3 Å². The van der Waals surface area contributed by atoms with Crippen LogP contribution in [0.2, 0.25) is 0 Å². The minimum absolute atomic E-state index is 0.572. The summed E-state index contributed by atoms with van der Waals surface area (Å²) in [5.74, 6) is 1.89. The Morgan fingerprint density at radius 2 is 2.17 bits per heavy atom. The summed E-state index contributed by atoms with van der Waals surface area (Å²) >= 11 is 0. The Bertz CT molecular complexity index is 562. The van der Waals surface area contributed by atoms with Gasteiger partial charge in [0.15, 0.2) is 0 Å². The molecule has 3 rings (SSSR count). The highest BCUT2D eigenvalue weighted by atomic mass is 15.3. The zero-order valence-corrected chi connectivity index (χ0v) is 10.9. The molecule has 0 spiro atoms. The van der Waals surface area contributed by atoms with Crippen LogP contribution < -0.4 is 5.73 Å². The van der Waals surface area contributed by atoms with E-state index < -0.39 is 0 Å². The van der Waals surface area contributed by atoms with E-state index >= 15 is 0 Å². The normalized spacial score (nSPS) is 15.2. The molecule has 0 bridgehead atoms. The van der Waals surface area contributed by atoms with Crippen LogP contribution in [0.1, 0.15) is 38.6 Å². The first-order valence-corrected chi connectivity index (χ1v) is 6.64. The van der Waals surface area contributed by atoms with Crippen molar-refractivity contribution in [3.05, 3.63) is 18.2 Å². The Hall–Kier alpha value is -1.78. The van der Waals surface area contributed by atoms with Crippen molar-refractivity contribution in [3.8, 4) is 11.3 Å². The third-order valence-electron chi connectivity index (χ3n) is 3.48. The fourth-order valence-electron chi connectivity index (χ4n) is 2.35. The number of imidazole rings is 1. The van der Waals surface area contributed by atoms with E-state index in [9.17, 15) is 0 Å². The first-order valence-electron chi connectivity index (χ1n) is 6.64. The smallest absolute Gasteiger partial charge is 0.132 e. The monoisotopic (exact) mass is 245 g/mol. The molecule has 0 unspecified atom stereocenters. The SMILES string of the molecule is CCc1nc(-c2cnn(CC)c2)c(N)n1C1CC1. The second-order valence-corrected chi connectivity index (χ2v) is 4.80. The summed E-state index contributed by atoms with van der Waals surface area (Å²) in [5.41, 5.74) is 8.17.